The number of nitrogens with two attached hydrogens (primary N) is 1. The molecule has 27 heavy (non-hydrogen) atoms. The van der Waals surface area contributed by atoms with Gasteiger partial charge in [0.15, 0.2) is 5.11 Å². The third-order valence-corrected chi connectivity index (χ3v) is 4.75. The van der Waals surface area contributed by atoms with E-state index in [1.807, 2.05) is 18.2 Å². The number of nitrogens with zero attached hydrogens (tertiary/aromatic N) is 2. The summed E-state index contributed by atoms with van der Waals surface area (Å²) in [6.45, 7) is 1.77. The standard InChI is InChI=1S/C19H16FN5OS/c1-10-16(18(21)26)17(24-19(27)23-10)11-2-7-15-12(8-11)9-22-25(15)14-5-3-13(20)4-6-14/h2-9,17H,1H3,(H2,21,26)(H2,23,24,27). The molecule has 1 aliphatic heterocycles. The van der Waals surface area contributed by atoms with Crippen LogP contribution in [-0.4, -0.2) is 20.8 Å². The van der Waals surface area contributed by atoms with Crippen molar-refractivity contribution in [2.75, 3.05) is 0 Å². The van der Waals surface area contributed by atoms with Crippen LogP contribution < -0.4 is 16.4 Å². The van der Waals surface area contributed by atoms with Crippen LogP contribution in [0.15, 0.2) is 59.9 Å². The third kappa shape index (κ3) is 3.04. The van der Waals surface area contributed by atoms with Gasteiger partial charge in [0.05, 0.1) is 29.0 Å². The Morgan fingerprint density at radius 1 is 1.26 bits per heavy atom. The number of primary amides is 1. The Morgan fingerprint density at radius 3 is 2.70 bits per heavy atom. The van der Waals surface area contributed by atoms with E-state index in [1.165, 1.54) is 12.1 Å². The Morgan fingerprint density at radius 2 is 2.00 bits per heavy atom. The number of aromatic nitrogens is 2. The summed E-state index contributed by atoms with van der Waals surface area (Å²) in [6.07, 6.45) is 1.72. The van der Waals surface area contributed by atoms with E-state index in [9.17, 15) is 9.18 Å². The van der Waals surface area contributed by atoms with Crippen molar-refractivity contribution >= 4 is 34.1 Å². The molecule has 2 aromatic carbocycles. The van der Waals surface area contributed by atoms with Gasteiger partial charge in [-0.15, -0.1) is 0 Å². The van der Waals surface area contributed by atoms with E-state index in [0.717, 1.165) is 22.2 Å². The molecule has 136 valence electrons. The molecule has 1 aliphatic rings. The predicted molar refractivity (Wildman–Crippen MR) is 105 cm³/mol. The molecule has 0 bridgehead atoms. The van der Waals surface area contributed by atoms with Gasteiger partial charge >= 0.3 is 0 Å². The summed E-state index contributed by atoms with van der Waals surface area (Å²) in [6, 6.07) is 11.4. The number of hydrogen-bond donors (Lipinski definition) is 3. The Labute approximate surface area is 159 Å². The van der Waals surface area contributed by atoms with Gasteiger partial charge in [-0.05, 0) is 61.1 Å². The van der Waals surface area contributed by atoms with Gasteiger partial charge in [0.1, 0.15) is 5.82 Å². The smallest absolute Gasteiger partial charge is 0.248 e. The van der Waals surface area contributed by atoms with Gasteiger partial charge in [-0.3, -0.25) is 4.79 Å². The molecule has 0 aliphatic carbocycles. The molecule has 1 amide bonds. The summed E-state index contributed by atoms with van der Waals surface area (Å²) < 4.78 is 14.9. The fourth-order valence-corrected chi connectivity index (χ4v) is 3.56. The molecule has 4 rings (SSSR count). The number of fused-ring (bicyclic) bond motifs is 1. The lowest BCUT2D eigenvalue weighted by Crippen LogP contribution is -2.46. The summed E-state index contributed by atoms with van der Waals surface area (Å²) in [4.78, 5) is 11.9. The molecule has 6 nitrogen and oxygen atoms in total. The number of carbonyl (C=O) groups is 1. The molecule has 3 aromatic rings. The van der Waals surface area contributed by atoms with Gasteiger partial charge < -0.3 is 16.4 Å². The second-order valence-corrected chi connectivity index (χ2v) is 6.69. The zero-order chi connectivity index (χ0) is 19.1. The van der Waals surface area contributed by atoms with Crippen molar-refractivity contribution in [3.63, 3.8) is 0 Å². The summed E-state index contributed by atoms with van der Waals surface area (Å²) in [5.74, 6) is -0.811. The highest BCUT2D eigenvalue weighted by atomic mass is 32.1. The summed E-state index contributed by atoms with van der Waals surface area (Å²) >= 11 is 5.22. The number of carbonyl (C=O) groups excluding carboxylic acids is 1. The number of halogens is 1. The Balaban J connectivity index is 1.78. The number of benzene rings is 2. The van der Waals surface area contributed by atoms with Crippen LogP contribution in [0.25, 0.3) is 16.6 Å². The molecule has 8 heteroatoms. The van der Waals surface area contributed by atoms with Crippen LogP contribution >= 0.6 is 12.2 Å². The molecule has 2 heterocycles. The number of nitrogens with one attached hydrogen (secondary N) is 2. The highest BCUT2D eigenvalue weighted by Crippen LogP contribution is 2.29. The van der Waals surface area contributed by atoms with Gasteiger partial charge in [-0.1, -0.05) is 6.07 Å². The molecular weight excluding hydrogens is 365 g/mol. The van der Waals surface area contributed by atoms with Crippen molar-refractivity contribution in [1.82, 2.24) is 20.4 Å². The van der Waals surface area contributed by atoms with Gasteiger partial charge in [0, 0.05) is 11.1 Å². The van der Waals surface area contributed by atoms with Gasteiger partial charge in [0.25, 0.3) is 0 Å². The van der Waals surface area contributed by atoms with Crippen LogP contribution in [0.3, 0.4) is 0 Å². The summed E-state index contributed by atoms with van der Waals surface area (Å²) in [5, 5.41) is 11.7. The van der Waals surface area contributed by atoms with E-state index >= 15 is 0 Å². The average molecular weight is 381 g/mol. The molecule has 0 saturated heterocycles. The predicted octanol–water partition coefficient (Wildman–Crippen LogP) is 2.44. The zero-order valence-corrected chi connectivity index (χ0v) is 15.2. The molecule has 0 spiro atoms. The molecule has 0 radical (unpaired) electrons. The van der Waals surface area contributed by atoms with Crippen molar-refractivity contribution in [3.05, 3.63) is 71.3 Å². The van der Waals surface area contributed by atoms with Crippen LogP contribution in [0.1, 0.15) is 18.5 Å². The van der Waals surface area contributed by atoms with Gasteiger partial charge in [0.2, 0.25) is 5.91 Å². The minimum absolute atomic E-state index is 0.299. The van der Waals surface area contributed by atoms with E-state index in [-0.39, 0.29) is 5.82 Å². The highest BCUT2D eigenvalue weighted by molar-refractivity contribution is 7.80. The van der Waals surface area contributed by atoms with Crippen molar-refractivity contribution < 1.29 is 9.18 Å². The highest BCUT2D eigenvalue weighted by Gasteiger charge is 2.28. The minimum Gasteiger partial charge on any atom is -0.366 e. The largest absolute Gasteiger partial charge is 0.366 e. The second-order valence-electron chi connectivity index (χ2n) is 6.29. The topological polar surface area (TPSA) is 85.0 Å². The first kappa shape index (κ1) is 17.2. The van der Waals surface area contributed by atoms with Crippen LogP contribution in [0, 0.1) is 5.82 Å². The van der Waals surface area contributed by atoms with Crippen molar-refractivity contribution in [3.8, 4) is 5.69 Å². The lowest BCUT2D eigenvalue weighted by molar-refractivity contribution is -0.115. The first-order valence-electron chi connectivity index (χ1n) is 8.26. The van der Waals surface area contributed by atoms with E-state index in [1.54, 1.807) is 29.9 Å². The number of thiocarbonyl (C=S) groups is 1. The van der Waals surface area contributed by atoms with Crippen LogP contribution in [0.4, 0.5) is 4.39 Å². The number of amides is 1. The van der Waals surface area contributed by atoms with E-state index < -0.39 is 11.9 Å². The molecule has 1 atom stereocenters. The number of allylic oxidation sites excluding steroid dienone is 1. The Hall–Kier alpha value is -3.26. The minimum atomic E-state index is -0.512. The van der Waals surface area contributed by atoms with E-state index in [4.69, 9.17) is 18.0 Å². The fourth-order valence-electron chi connectivity index (χ4n) is 3.29. The zero-order valence-electron chi connectivity index (χ0n) is 14.4. The molecule has 0 saturated carbocycles. The Bertz CT molecular complexity index is 1100. The lowest BCUT2D eigenvalue weighted by atomic mass is 9.94. The first-order chi connectivity index (χ1) is 12.9. The van der Waals surface area contributed by atoms with Crippen molar-refractivity contribution in [2.45, 2.75) is 13.0 Å². The molecular formula is C19H16FN5OS. The van der Waals surface area contributed by atoms with Crippen LogP contribution in [0.2, 0.25) is 0 Å². The summed E-state index contributed by atoms with van der Waals surface area (Å²) in [7, 11) is 0. The van der Waals surface area contributed by atoms with Crippen LogP contribution in [-0.2, 0) is 4.79 Å². The maximum atomic E-state index is 13.2. The fraction of sp³-hybridized carbons (Fsp3) is 0.105. The second kappa shape index (κ2) is 6.48. The molecule has 0 fully saturated rings. The molecule has 4 N–H and O–H groups in total. The lowest BCUT2D eigenvalue weighted by Gasteiger charge is -2.29. The number of hydrogen-bond acceptors (Lipinski definition) is 3. The van der Waals surface area contributed by atoms with E-state index in [0.29, 0.717) is 16.4 Å². The molecule has 1 aromatic heterocycles. The van der Waals surface area contributed by atoms with Crippen molar-refractivity contribution in [2.24, 2.45) is 5.73 Å². The molecule has 1 unspecified atom stereocenters. The van der Waals surface area contributed by atoms with Crippen molar-refractivity contribution in [1.29, 1.82) is 0 Å². The maximum absolute atomic E-state index is 13.2. The maximum Gasteiger partial charge on any atom is 0.248 e. The third-order valence-electron chi connectivity index (χ3n) is 4.53. The SMILES string of the molecule is CC1=C(C(N)=O)C(c2ccc3c(cnn3-c3ccc(F)cc3)c2)NC(=S)N1. The van der Waals surface area contributed by atoms with Crippen LogP contribution in [0.5, 0.6) is 0 Å². The first-order valence-corrected chi connectivity index (χ1v) is 8.66. The van der Waals surface area contributed by atoms with Gasteiger partial charge in [-0.2, -0.15) is 5.10 Å². The van der Waals surface area contributed by atoms with Gasteiger partial charge in [-0.25, -0.2) is 9.07 Å². The van der Waals surface area contributed by atoms with E-state index in [2.05, 4.69) is 15.7 Å². The quantitative estimate of drug-likeness (QED) is 0.607. The average Bonchev–Trinajstić information content (AvgIpc) is 3.04. The number of rotatable bonds is 3. The summed E-state index contributed by atoms with van der Waals surface area (Å²) in [5.41, 5.74) is 9.11. The Kier molecular flexibility index (Phi) is 4.12. The monoisotopic (exact) mass is 381 g/mol. The normalized spacial score (nSPS) is 17.0.